The predicted octanol–water partition coefficient (Wildman–Crippen LogP) is 3.43. The zero-order valence-electron chi connectivity index (χ0n) is 13.5. The fraction of sp³-hybridized carbons (Fsp3) is 0.438. The molecule has 0 spiro atoms. The highest BCUT2D eigenvalue weighted by atomic mass is 35.5. The van der Waals surface area contributed by atoms with E-state index in [2.05, 4.69) is 4.74 Å². The minimum atomic E-state index is -5.34. The predicted molar refractivity (Wildman–Crippen MR) is 84.9 cm³/mol. The molecule has 0 aliphatic carbocycles. The van der Waals surface area contributed by atoms with Gasteiger partial charge in [-0.05, 0) is 38.1 Å². The molecule has 1 aromatic carbocycles. The number of aliphatic hydroxyl groups is 1. The third-order valence-corrected chi connectivity index (χ3v) is 3.77. The summed E-state index contributed by atoms with van der Waals surface area (Å²) in [7, 11) is 0. The molecule has 0 amide bonds. The molecule has 0 saturated carbocycles. The number of alkyl halides is 3. The number of benzene rings is 1. The van der Waals surface area contributed by atoms with Gasteiger partial charge in [-0.1, -0.05) is 11.6 Å². The molecule has 0 fully saturated rings. The zero-order valence-corrected chi connectivity index (χ0v) is 14.2. The van der Waals surface area contributed by atoms with Crippen molar-refractivity contribution < 1.29 is 32.6 Å². The van der Waals surface area contributed by atoms with Crippen LogP contribution in [0.3, 0.4) is 0 Å². The van der Waals surface area contributed by atoms with Crippen LogP contribution in [0.1, 0.15) is 30.6 Å². The molecule has 0 heterocycles. The quantitative estimate of drug-likeness (QED) is 0.431. The molecule has 0 radical (unpaired) electrons. The Bertz CT molecular complexity index is 660. The smallest absolute Gasteiger partial charge is 0.418 e. The van der Waals surface area contributed by atoms with Crippen LogP contribution in [0.15, 0.2) is 24.3 Å². The number of hydrogen-bond donors (Lipinski definition) is 2. The standard InChI is InChI=1S/C16H17ClF3NO4/c1-3-25-14(23)13(9(2)21)15(24,16(18,19)20)8-12(22)10-4-6-11(17)7-5-10/h4-7,13,21,24H,3,8H2,1-2H3. The number of ketones is 1. The van der Waals surface area contributed by atoms with Crippen molar-refractivity contribution >= 4 is 29.1 Å². The first kappa shape index (κ1) is 21.1. The van der Waals surface area contributed by atoms with Gasteiger partial charge in [-0.15, -0.1) is 0 Å². The number of carbonyl (C=O) groups excluding carboxylic acids is 2. The summed E-state index contributed by atoms with van der Waals surface area (Å²) in [6.07, 6.45) is -6.77. The lowest BCUT2D eigenvalue weighted by molar-refractivity contribution is -0.270. The maximum absolute atomic E-state index is 13.5. The van der Waals surface area contributed by atoms with Crippen molar-refractivity contribution in [2.45, 2.75) is 32.0 Å². The second-order valence-electron chi connectivity index (χ2n) is 5.40. The Labute approximate surface area is 147 Å². The molecule has 0 bridgehead atoms. The van der Waals surface area contributed by atoms with Gasteiger partial charge in [0.05, 0.1) is 13.0 Å². The maximum Gasteiger partial charge on any atom is 0.418 e. The molecule has 0 aliphatic rings. The summed E-state index contributed by atoms with van der Waals surface area (Å²) in [5, 5.41) is 18.0. The largest absolute Gasteiger partial charge is 0.465 e. The lowest BCUT2D eigenvalue weighted by Crippen LogP contribution is -2.57. The molecule has 25 heavy (non-hydrogen) atoms. The van der Waals surface area contributed by atoms with Crippen LogP contribution in [-0.4, -0.2) is 41.0 Å². The SMILES string of the molecule is CCOC(=O)C(C(C)=N)C(O)(CC(=O)c1ccc(Cl)cc1)C(F)(F)F. The van der Waals surface area contributed by atoms with Crippen LogP contribution in [0.4, 0.5) is 13.2 Å². The topological polar surface area (TPSA) is 87.5 Å². The molecule has 1 rings (SSSR count). The molecular weight excluding hydrogens is 363 g/mol. The summed E-state index contributed by atoms with van der Waals surface area (Å²) in [6.45, 7) is 2.08. The van der Waals surface area contributed by atoms with Crippen molar-refractivity contribution in [2.24, 2.45) is 5.92 Å². The Morgan fingerprint density at radius 2 is 1.80 bits per heavy atom. The molecule has 2 atom stereocenters. The second kappa shape index (κ2) is 7.97. The van der Waals surface area contributed by atoms with Crippen molar-refractivity contribution in [3.63, 3.8) is 0 Å². The molecule has 2 N–H and O–H groups in total. The van der Waals surface area contributed by atoms with Gasteiger partial charge in [0, 0.05) is 16.3 Å². The number of rotatable bonds is 7. The van der Waals surface area contributed by atoms with Crippen LogP contribution < -0.4 is 0 Å². The molecular formula is C16H17ClF3NO4. The molecule has 138 valence electrons. The Balaban J connectivity index is 3.29. The first-order valence-electron chi connectivity index (χ1n) is 7.23. The molecule has 9 heteroatoms. The van der Waals surface area contributed by atoms with Gasteiger partial charge >= 0.3 is 12.1 Å². The molecule has 0 saturated heterocycles. The van der Waals surface area contributed by atoms with Crippen molar-refractivity contribution in [3.05, 3.63) is 34.9 Å². The Kier molecular flexibility index (Phi) is 6.73. The van der Waals surface area contributed by atoms with E-state index < -0.39 is 41.6 Å². The van der Waals surface area contributed by atoms with E-state index in [0.717, 1.165) is 6.92 Å². The van der Waals surface area contributed by atoms with Crippen LogP contribution in [-0.2, 0) is 9.53 Å². The average molecular weight is 380 g/mol. The van der Waals surface area contributed by atoms with E-state index >= 15 is 0 Å². The van der Waals surface area contributed by atoms with Gasteiger partial charge in [0.25, 0.3) is 0 Å². The maximum atomic E-state index is 13.5. The number of nitrogens with one attached hydrogen (secondary N) is 1. The van der Waals surface area contributed by atoms with Crippen molar-refractivity contribution in [1.29, 1.82) is 5.41 Å². The summed E-state index contributed by atoms with van der Waals surface area (Å²) in [4.78, 5) is 24.1. The second-order valence-corrected chi connectivity index (χ2v) is 5.83. The fourth-order valence-corrected chi connectivity index (χ4v) is 2.43. The minimum absolute atomic E-state index is 0.114. The zero-order chi connectivity index (χ0) is 19.4. The first-order valence-corrected chi connectivity index (χ1v) is 7.61. The van der Waals surface area contributed by atoms with Gasteiger partial charge in [0.15, 0.2) is 11.4 Å². The Morgan fingerprint density at radius 3 is 2.20 bits per heavy atom. The van der Waals surface area contributed by atoms with Gasteiger partial charge in [0.1, 0.15) is 5.92 Å². The third-order valence-electron chi connectivity index (χ3n) is 3.52. The molecule has 1 aromatic rings. The Morgan fingerprint density at radius 1 is 1.28 bits per heavy atom. The van der Waals surface area contributed by atoms with Crippen LogP contribution >= 0.6 is 11.6 Å². The van der Waals surface area contributed by atoms with Gasteiger partial charge < -0.3 is 15.3 Å². The van der Waals surface area contributed by atoms with E-state index in [0.29, 0.717) is 0 Å². The fourth-order valence-electron chi connectivity index (χ4n) is 2.30. The molecule has 0 aromatic heterocycles. The van der Waals surface area contributed by atoms with Gasteiger partial charge in [-0.2, -0.15) is 13.2 Å². The van der Waals surface area contributed by atoms with Gasteiger partial charge in [-0.3, -0.25) is 9.59 Å². The number of Topliss-reactive ketones (excluding diaryl/α,β-unsaturated/α-hetero) is 1. The lowest BCUT2D eigenvalue weighted by Gasteiger charge is -2.35. The lowest BCUT2D eigenvalue weighted by atomic mass is 9.79. The van der Waals surface area contributed by atoms with Crippen molar-refractivity contribution in [2.75, 3.05) is 6.61 Å². The van der Waals surface area contributed by atoms with Gasteiger partial charge in [0.2, 0.25) is 0 Å². The highest BCUT2D eigenvalue weighted by molar-refractivity contribution is 6.30. The van der Waals surface area contributed by atoms with Crippen LogP contribution in [0.2, 0.25) is 5.02 Å². The summed E-state index contributed by atoms with van der Waals surface area (Å²) in [5.74, 6) is -4.81. The van der Waals surface area contributed by atoms with E-state index in [1.807, 2.05) is 0 Å². The van der Waals surface area contributed by atoms with Crippen LogP contribution in [0.5, 0.6) is 0 Å². The normalized spacial score (nSPS) is 15.2. The van der Waals surface area contributed by atoms with E-state index in [4.69, 9.17) is 17.0 Å². The number of hydrogen-bond acceptors (Lipinski definition) is 5. The summed E-state index contributed by atoms with van der Waals surface area (Å²) in [5.41, 5.74) is -4.64. The molecule has 5 nitrogen and oxygen atoms in total. The summed E-state index contributed by atoms with van der Waals surface area (Å²) in [6, 6.07) is 5.04. The van der Waals surface area contributed by atoms with Crippen LogP contribution in [0.25, 0.3) is 0 Å². The molecule has 0 aliphatic heterocycles. The van der Waals surface area contributed by atoms with E-state index in [9.17, 15) is 27.9 Å². The highest BCUT2D eigenvalue weighted by Gasteiger charge is 2.62. The summed E-state index contributed by atoms with van der Waals surface area (Å²) >= 11 is 5.66. The summed E-state index contributed by atoms with van der Waals surface area (Å²) < 4.78 is 45.1. The molecule has 2 unspecified atom stereocenters. The number of carbonyl (C=O) groups is 2. The first-order chi connectivity index (χ1) is 11.4. The van der Waals surface area contributed by atoms with Crippen molar-refractivity contribution in [1.82, 2.24) is 0 Å². The average Bonchev–Trinajstić information content (AvgIpc) is 2.46. The number of esters is 1. The minimum Gasteiger partial charge on any atom is -0.465 e. The Hall–Kier alpha value is -1.93. The van der Waals surface area contributed by atoms with E-state index in [1.165, 1.54) is 31.2 Å². The monoisotopic (exact) mass is 379 g/mol. The highest BCUT2D eigenvalue weighted by Crippen LogP contribution is 2.41. The van der Waals surface area contributed by atoms with Crippen LogP contribution in [0, 0.1) is 11.3 Å². The van der Waals surface area contributed by atoms with E-state index in [-0.39, 0.29) is 17.2 Å². The van der Waals surface area contributed by atoms with Crippen molar-refractivity contribution in [3.8, 4) is 0 Å². The van der Waals surface area contributed by atoms with E-state index in [1.54, 1.807) is 0 Å². The number of halogens is 4. The third kappa shape index (κ3) is 4.79. The number of ether oxygens (including phenoxy) is 1. The van der Waals surface area contributed by atoms with Gasteiger partial charge in [-0.25, -0.2) is 0 Å².